The molecule has 0 bridgehead atoms. The number of hydrogen-bond acceptors (Lipinski definition) is 3. The number of anilines is 1. The molecule has 0 unspecified atom stereocenters. The molecule has 0 saturated carbocycles. The Kier molecular flexibility index (Phi) is 6.71. The number of aryl methyl sites for hydroxylation is 1. The standard InChI is InChI=1S/C23H19F3N2O3/c24-23(25,26)19-11-4-15(5-12-19)6-13-21(29)27-20-3-1-2-18(14-20)16-7-9-17(10-8-16)22(30)28-31/h1-5,7-12,14,31H,6,13H2,(H,27,29)(H,28,30). The van der Waals surface area contributed by atoms with E-state index in [1.807, 2.05) is 6.07 Å². The summed E-state index contributed by atoms with van der Waals surface area (Å²) >= 11 is 0. The third-order valence-corrected chi connectivity index (χ3v) is 4.65. The lowest BCUT2D eigenvalue weighted by Gasteiger charge is -2.09. The van der Waals surface area contributed by atoms with Gasteiger partial charge in [0.25, 0.3) is 5.91 Å². The minimum Gasteiger partial charge on any atom is -0.326 e. The molecule has 31 heavy (non-hydrogen) atoms. The highest BCUT2D eigenvalue weighted by Gasteiger charge is 2.29. The summed E-state index contributed by atoms with van der Waals surface area (Å²) in [5, 5.41) is 11.5. The maximum absolute atomic E-state index is 12.6. The molecule has 3 N–H and O–H groups in total. The quantitative estimate of drug-likeness (QED) is 0.379. The van der Waals surface area contributed by atoms with Crippen LogP contribution in [0.5, 0.6) is 0 Å². The molecule has 5 nitrogen and oxygen atoms in total. The fourth-order valence-corrected chi connectivity index (χ4v) is 3.00. The summed E-state index contributed by atoms with van der Waals surface area (Å²) < 4.78 is 37.8. The summed E-state index contributed by atoms with van der Waals surface area (Å²) in [7, 11) is 0. The largest absolute Gasteiger partial charge is 0.416 e. The summed E-state index contributed by atoms with van der Waals surface area (Å²) in [4.78, 5) is 23.7. The molecule has 0 fully saturated rings. The summed E-state index contributed by atoms with van der Waals surface area (Å²) in [6.45, 7) is 0. The molecule has 8 heteroatoms. The molecular weight excluding hydrogens is 409 g/mol. The minimum atomic E-state index is -4.38. The van der Waals surface area contributed by atoms with Gasteiger partial charge in [0.1, 0.15) is 0 Å². The second-order valence-electron chi connectivity index (χ2n) is 6.84. The van der Waals surface area contributed by atoms with Crippen LogP contribution in [0.1, 0.15) is 27.9 Å². The number of halogens is 3. The van der Waals surface area contributed by atoms with Gasteiger partial charge in [0.15, 0.2) is 0 Å². The Morgan fingerprint density at radius 3 is 2.16 bits per heavy atom. The summed E-state index contributed by atoms with van der Waals surface area (Å²) in [6, 6.07) is 18.4. The highest BCUT2D eigenvalue weighted by atomic mass is 19.4. The van der Waals surface area contributed by atoms with Crippen LogP contribution in [0.25, 0.3) is 11.1 Å². The number of benzene rings is 3. The third-order valence-electron chi connectivity index (χ3n) is 4.65. The predicted octanol–water partition coefficient (Wildman–Crippen LogP) is 5.06. The van der Waals surface area contributed by atoms with E-state index < -0.39 is 17.6 Å². The Labute approximate surface area is 176 Å². The lowest BCUT2D eigenvalue weighted by Crippen LogP contribution is -2.18. The maximum atomic E-state index is 12.6. The SMILES string of the molecule is O=C(CCc1ccc(C(F)(F)F)cc1)Nc1cccc(-c2ccc(C(=O)NO)cc2)c1. The third kappa shape index (κ3) is 5.93. The fraction of sp³-hybridized carbons (Fsp3) is 0.130. The zero-order valence-corrected chi connectivity index (χ0v) is 16.2. The van der Waals surface area contributed by atoms with Crippen LogP contribution in [-0.2, 0) is 17.4 Å². The van der Waals surface area contributed by atoms with Gasteiger partial charge >= 0.3 is 6.18 Å². The van der Waals surface area contributed by atoms with Crippen LogP contribution in [0.15, 0.2) is 72.8 Å². The lowest BCUT2D eigenvalue weighted by atomic mass is 10.0. The molecular formula is C23H19F3N2O3. The van der Waals surface area contributed by atoms with Crippen LogP contribution in [0.2, 0.25) is 0 Å². The Balaban J connectivity index is 1.60. The van der Waals surface area contributed by atoms with E-state index in [4.69, 9.17) is 5.21 Å². The zero-order chi connectivity index (χ0) is 22.4. The van der Waals surface area contributed by atoms with Gasteiger partial charge in [0.2, 0.25) is 5.91 Å². The van der Waals surface area contributed by atoms with Crippen molar-refractivity contribution in [1.82, 2.24) is 5.48 Å². The summed E-state index contributed by atoms with van der Waals surface area (Å²) in [6.07, 6.45) is -3.94. The number of amides is 2. The van der Waals surface area contributed by atoms with Gasteiger partial charge in [-0.05, 0) is 59.5 Å². The van der Waals surface area contributed by atoms with E-state index in [0.717, 1.165) is 23.3 Å². The Morgan fingerprint density at radius 1 is 0.871 bits per heavy atom. The summed E-state index contributed by atoms with van der Waals surface area (Å²) in [5.41, 5.74) is 4.00. The van der Waals surface area contributed by atoms with Gasteiger partial charge in [-0.2, -0.15) is 13.2 Å². The first-order valence-corrected chi connectivity index (χ1v) is 9.37. The van der Waals surface area contributed by atoms with Crippen molar-refractivity contribution in [3.05, 3.63) is 89.5 Å². The van der Waals surface area contributed by atoms with Crippen molar-refractivity contribution in [2.75, 3.05) is 5.32 Å². The molecule has 0 aliphatic rings. The molecule has 3 aromatic carbocycles. The molecule has 3 aromatic rings. The molecule has 0 aromatic heterocycles. The first-order chi connectivity index (χ1) is 14.8. The highest BCUT2D eigenvalue weighted by Crippen LogP contribution is 2.29. The number of carbonyl (C=O) groups is 2. The van der Waals surface area contributed by atoms with Crippen molar-refractivity contribution in [1.29, 1.82) is 0 Å². The van der Waals surface area contributed by atoms with Gasteiger partial charge in [-0.3, -0.25) is 14.8 Å². The fourth-order valence-electron chi connectivity index (χ4n) is 3.00. The topological polar surface area (TPSA) is 78.4 Å². The van der Waals surface area contributed by atoms with Gasteiger partial charge in [0, 0.05) is 17.7 Å². The number of rotatable bonds is 6. The zero-order valence-electron chi connectivity index (χ0n) is 16.2. The molecule has 0 aliphatic carbocycles. The average Bonchev–Trinajstić information content (AvgIpc) is 2.77. The van der Waals surface area contributed by atoms with E-state index in [1.54, 1.807) is 47.9 Å². The van der Waals surface area contributed by atoms with Crippen LogP contribution in [-0.4, -0.2) is 17.0 Å². The first kappa shape index (κ1) is 22.0. The number of hydroxylamine groups is 1. The Hall–Kier alpha value is -3.65. The molecule has 0 aliphatic heterocycles. The van der Waals surface area contributed by atoms with Crippen LogP contribution in [0.3, 0.4) is 0 Å². The van der Waals surface area contributed by atoms with Crippen LogP contribution >= 0.6 is 0 Å². The molecule has 0 heterocycles. The van der Waals surface area contributed by atoms with Gasteiger partial charge in [-0.15, -0.1) is 0 Å². The molecule has 3 rings (SSSR count). The Bertz CT molecular complexity index is 1060. The smallest absolute Gasteiger partial charge is 0.326 e. The predicted molar refractivity (Wildman–Crippen MR) is 110 cm³/mol. The highest BCUT2D eigenvalue weighted by molar-refractivity contribution is 5.94. The van der Waals surface area contributed by atoms with E-state index in [2.05, 4.69) is 5.32 Å². The molecule has 0 atom stereocenters. The van der Waals surface area contributed by atoms with Crippen molar-refractivity contribution in [2.45, 2.75) is 19.0 Å². The molecule has 2 amide bonds. The van der Waals surface area contributed by atoms with Gasteiger partial charge < -0.3 is 5.32 Å². The number of hydrogen-bond donors (Lipinski definition) is 3. The Morgan fingerprint density at radius 2 is 1.55 bits per heavy atom. The second-order valence-corrected chi connectivity index (χ2v) is 6.84. The van der Waals surface area contributed by atoms with E-state index >= 15 is 0 Å². The minimum absolute atomic E-state index is 0.126. The van der Waals surface area contributed by atoms with Crippen molar-refractivity contribution in [3.8, 4) is 11.1 Å². The lowest BCUT2D eigenvalue weighted by molar-refractivity contribution is -0.137. The molecule has 160 valence electrons. The number of alkyl halides is 3. The van der Waals surface area contributed by atoms with E-state index in [9.17, 15) is 22.8 Å². The van der Waals surface area contributed by atoms with Crippen LogP contribution in [0.4, 0.5) is 18.9 Å². The molecule has 0 spiro atoms. The van der Waals surface area contributed by atoms with Crippen LogP contribution < -0.4 is 10.8 Å². The first-order valence-electron chi connectivity index (χ1n) is 9.37. The summed E-state index contributed by atoms with van der Waals surface area (Å²) in [5.74, 6) is -0.868. The number of nitrogens with one attached hydrogen (secondary N) is 2. The van der Waals surface area contributed by atoms with Crippen molar-refractivity contribution >= 4 is 17.5 Å². The van der Waals surface area contributed by atoms with Gasteiger partial charge in [-0.1, -0.05) is 36.4 Å². The van der Waals surface area contributed by atoms with E-state index in [0.29, 0.717) is 23.2 Å². The van der Waals surface area contributed by atoms with E-state index in [1.165, 1.54) is 12.1 Å². The normalized spacial score (nSPS) is 11.1. The monoisotopic (exact) mass is 428 g/mol. The van der Waals surface area contributed by atoms with Crippen molar-refractivity contribution in [2.24, 2.45) is 0 Å². The second kappa shape index (κ2) is 9.44. The maximum Gasteiger partial charge on any atom is 0.416 e. The number of carbonyl (C=O) groups excluding carboxylic acids is 2. The molecule has 0 saturated heterocycles. The molecule has 0 radical (unpaired) electrons. The van der Waals surface area contributed by atoms with Crippen LogP contribution in [0, 0.1) is 0 Å². The van der Waals surface area contributed by atoms with Gasteiger partial charge in [-0.25, -0.2) is 5.48 Å². The average molecular weight is 428 g/mol. The van der Waals surface area contributed by atoms with Crippen molar-refractivity contribution in [3.63, 3.8) is 0 Å². The van der Waals surface area contributed by atoms with Gasteiger partial charge in [0.05, 0.1) is 5.56 Å². The van der Waals surface area contributed by atoms with E-state index in [-0.39, 0.29) is 12.3 Å². The van der Waals surface area contributed by atoms with Crippen molar-refractivity contribution < 1.29 is 28.0 Å².